The van der Waals surface area contributed by atoms with Crippen LogP contribution in [0.25, 0.3) is 0 Å². The molecule has 0 heterocycles. The van der Waals surface area contributed by atoms with E-state index >= 15 is 0 Å². The van der Waals surface area contributed by atoms with Crippen molar-refractivity contribution in [1.82, 2.24) is 10.6 Å². The third-order valence-electron chi connectivity index (χ3n) is 5.59. The summed E-state index contributed by atoms with van der Waals surface area (Å²) < 4.78 is 5.33. The van der Waals surface area contributed by atoms with Gasteiger partial charge in [0, 0.05) is 18.3 Å². The van der Waals surface area contributed by atoms with Gasteiger partial charge in [-0.05, 0) is 54.9 Å². The van der Waals surface area contributed by atoms with Crippen molar-refractivity contribution in [2.24, 2.45) is 0 Å². The molecular weight excluding hydrogens is 374 g/mol. The Kier molecular flexibility index (Phi) is 7.51. The number of carbonyl (C=O) groups excluding carboxylic acids is 1. The number of fused-ring (bicyclic) bond motifs is 1. The summed E-state index contributed by atoms with van der Waals surface area (Å²) in [6.45, 7) is 2.50. The highest BCUT2D eigenvalue weighted by Crippen LogP contribution is 2.26. The number of carbonyl (C=O) groups is 1. The molecule has 0 saturated heterocycles. The second-order valence-corrected chi connectivity index (χ2v) is 7.53. The number of hydrogen-bond donors (Lipinski definition) is 2. The van der Waals surface area contributed by atoms with Gasteiger partial charge in [0.25, 0.3) is 5.91 Å². The van der Waals surface area contributed by atoms with Crippen molar-refractivity contribution in [2.45, 2.75) is 51.6 Å². The Morgan fingerprint density at radius 2 is 1.97 bits per heavy atom. The number of ether oxygens (including phenoxy) is 1. The van der Waals surface area contributed by atoms with Crippen LogP contribution in [0, 0.1) is 11.3 Å². The van der Waals surface area contributed by atoms with E-state index in [0.29, 0.717) is 6.54 Å². The number of nitrogens with zero attached hydrogens (tertiary/aromatic N) is 1. The van der Waals surface area contributed by atoms with Gasteiger partial charge in [-0.15, -0.1) is 0 Å². The monoisotopic (exact) mass is 403 g/mol. The van der Waals surface area contributed by atoms with E-state index in [1.165, 1.54) is 30.2 Å². The molecule has 0 saturated carbocycles. The second kappa shape index (κ2) is 10.5. The SMILES string of the molecule is CCC(NC(=O)/C(C#N)=C\NCc1ccccc1OC)c1ccc2c(c1)CCCC2. The normalized spacial score (nSPS) is 14.2. The molecule has 0 radical (unpaired) electrons. The van der Waals surface area contributed by atoms with E-state index in [1.54, 1.807) is 7.11 Å². The molecule has 0 bridgehead atoms. The van der Waals surface area contributed by atoms with Crippen LogP contribution in [0.4, 0.5) is 0 Å². The Bertz CT molecular complexity index is 959. The molecule has 3 rings (SSSR count). The molecule has 156 valence electrons. The number of methoxy groups -OCH3 is 1. The summed E-state index contributed by atoms with van der Waals surface area (Å²) in [6, 6.07) is 16.0. The minimum atomic E-state index is -0.366. The molecule has 1 aliphatic carbocycles. The van der Waals surface area contributed by atoms with Crippen molar-refractivity contribution < 1.29 is 9.53 Å². The number of nitrogens with one attached hydrogen (secondary N) is 2. The smallest absolute Gasteiger partial charge is 0.263 e. The summed E-state index contributed by atoms with van der Waals surface area (Å²) >= 11 is 0. The van der Waals surface area contributed by atoms with Crippen molar-refractivity contribution in [3.05, 3.63) is 76.5 Å². The largest absolute Gasteiger partial charge is 0.496 e. The van der Waals surface area contributed by atoms with Crippen LogP contribution >= 0.6 is 0 Å². The molecule has 1 unspecified atom stereocenters. The predicted octanol–water partition coefficient (Wildman–Crippen LogP) is 4.34. The van der Waals surface area contributed by atoms with Gasteiger partial charge >= 0.3 is 0 Å². The van der Waals surface area contributed by atoms with Gasteiger partial charge in [-0.1, -0.05) is 43.3 Å². The van der Waals surface area contributed by atoms with E-state index < -0.39 is 0 Å². The van der Waals surface area contributed by atoms with Crippen LogP contribution in [0.15, 0.2) is 54.2 Å². The first-order valence-electron chi connectivity index (χ1n) is 10.5. The number of amides is 1. The highest BCUT2D eigenvalue weighted by molar-refractivity contribution is 5.97. The summed E-state index contributed by atoms with van der Waals surface area (Å²) in [4.78, 5) is 12.7. The molecule has 2 aromatic carbocycles. The summed E-state index contributed by atoms with van der Waals surface area (Å²) in [5, 5.41) is 15.5. The molecule has 1 amide bonds. The summed E-state index contributed by atoms with van der Waals surface area (Å²) in [5.41, 5.74) is 4.92. The highest BCUT2D eigenvalue weighted by atomic mass is 16.5. The van der Waals surface area contributed by atoms with Crippen molar-refractivity contribution in [1.29, 1.82) is 5.26 Å². The van der Waals surface area contributed by atoms with Crippen LogP contribution in [0.1, 0.15) is 54.5 Å². The fourth-order valence-electron chi connectivity index (χ4n) is 3.89. The number of hydrogen-bond acceptors (Lipinski definition) is 4. The first-order chi connectivity index (χ1) is 14.7. The third-order valence-corrected chi connectivity index (χ3v) is 5.59. The van der Waals surface area contributed by atoms with Gasteiger partial charge in [0.15, 0.2) is 0 Å². The van der Waals surface area contributed by atoms with Crippen LogP contribution in [0.5, 0.6) is 5.75 Å². The van der Waals surface area contributed by atoms with Crippen molar-refractivity contribution >= 4 is 5.91 Å². The molecule has 0 spiro atoms. The molecular formula is C25H29N3O2. The predicted molar refractivity (Wildman–Crippen MR) is 118 cm³/mol. The molecule has 5 nitrogen and oxygen atoms in total. The number of benzene rings is 2. The lowest BCUT2D eigenvalue weighted by Gasteiger charge is -2.21. The molecule has 30 heavy (non-hydrogen) atoms. The Balaban J connectivity index is 1.66. The van der Waals surface area contributed by atoms with Gasteiger partial charge in [-0.2, -0.15) is 5.26 Å². The van der Waals surface area contributed by atoms with E-state index in [4.69, 9.17) is 4.74 Å². The van der Waals surface area contributed by atoms with Gasteiger partial charge in [0.1, 0.15) is 17.4 Å². The van der Waals surface area contributed by atoms with E-state index in [9.17, 15) is 10.1 Å². The fourth-order valence-corrected chi connectivity index (χ4v) is 3.89. The molecule has 1 aliphatic rings. The number of para-hydroxylation sites is 1. The minimum Gasteiger partial charge on any atom is -0.496 e. The fraction of sp³-hybridized carbons (Fsp3) is 0.360. The molecule has 2 aromatic rings. The number of rotatable bonds is 8. The summed E-state index contributed by atoms with van der Waals surface area (Å²) in [6.07, 6.45) is 6.94. The van der Waals surface area contributed by atoms with E-state index in [-0.39, 0.29) is 17.5 Å². The van der Waals surface area contributed by atoms with Gasteiger partial charge in [0.05, 0.1) is 13.2 Å². The van der Waals surface area contributed by atoms with Gasteiger partial charge < -0.3 is 15.4 Å². The summed E-state index contributed by atoms with van der Waals surface area (Å²) in [7, 11) is 1.62. The van der Waals surface area contributed by atoms with Crippen molar-refractivity contribution in [3.63, 3.8) is 0 Å². The van der Waals surface area contributed by atoms with Gasteiger partial charge in [0.2, 0.25) is 0 Å². The Morgan fingerprint density at radius 1 is 1.20 bits per heavy atom. The topological polar surface area (TPSA) is 74.2 Å². The number of aryl methyl sites for hydroxylation is 2. The highest BCUT2D eigenvalue weighted by Gasteiger charge is 2.18. The first-order valence-corrected chi connectivity index (χ1v) is 10.5. The quantitative estimate of drug-likeness (QED) is 0.508. The molecule has 2 N–H and O–H groups in total. The third kappa shape index (κ3) is 5.21. The average Bonchev–Trinajstić information content (AvgIpc) is 2.80. The lowest BCUT2D eigenvalue weighted by molar-refractivity contribution is -0.117. The summed E-state index contributed by atoms with van der Waals surface area (Å²) in [5.74, 6) is 0.398. The molecule has 1 atom stereocenters. The van der Waals surface area contributed by atoms with Crippen molar-refractivity contribution in [3.8, 4) is 11.8 Å². The standard InChI is InChI=1S/C25H29N3O2/c1-3-23(20-13-12-18-8-4-5-9-19(18)14-20)28-25(29)22(15-26)17-27-16-21-10-6-7-11-24(21)30-2/h6-7,10-14,17,23,27H,3-5,8-9,16H2,1-2H3,(H,28,29)/b22-17-. The Labute approximate surface area is 178 Å². The Morgan fingerprint density at radius 3 is 2.70 bits per heavy atom. The molecule has 0 aromatic heterocycles. The first kappa shape index (κ1) is 21.4. The van der Waals surface area contributed by atoms with Crippen LogP contribution in [-0.4, -0.2) is 13.0 Å². The van der Waals surface area contributed by atoms with E-state index in [0.717, 1.165) is 36.1 Å². The Hall–Kier alpha value is -3.26. The lowest BCUT2D eigenvalue weighted by Crippen LogP contribution is -2.30. The zero-order chi connectivity index (χ0) is 21.3. The maximum Gasteiger partial charge on any atom is 0.263 e. The molecule has 5 heteroatoms. The minimum absolute atomic E-state index is 0.0568. The maximum absolute atomic E-state index is 12.7. The van der Waals surface area contributed by atoms with Crippen LogP contribution in [0.3, 0.4) is 0 Å². The van der Waals surface area contributed by atoms with Crippen LogP contribution in [-0.2, 0) is 24.2 Å². The van der Waals surface area contributed by atoms with Gasteiger partial charge in [-0.25, -0.2) is 0 Å². The maximum atomic E-state index is 12.7. The van der Waals surface area contributed by atoms with E-state index in [1.807, 2.05) is 37.3 Å². The molecule has 0 aliphatic heterocycles. The second-order valence-electron chi connectivity index (χ2n) is 7.53. The molecule has 0 fully saturated rings. The van der Waals surface area contributed by atoms with Crippen LogP contribution in [0.2, 0.25) is 0 Å². The van der Waals surface area contributed by atoms with Gasteiger partial charge in [-0.3, -0.25) is 4.79 Å². The van der Waals surface area contributed by atoms with E-state index in [2.05, 4.69) is 28.8 Å². The number of nitriles is 1. The lowest BCUT2D eigenvalue weighted by atomic mass is 9.88. The van der Waals surface area contributed by atoms with Crippen molar-refractivity contribution in [2.75, 3.05) is 7.11 Å². The zero-order valence-corrected chi connectivity index (χ0v) is 17.7. The zero-order valence-electron chi connectivity index (χ0n) is 17.7. The average molecular weight is 404 g/mol. The van der Waals surface area contributed by atoms with Crippen LogP contribution < -0.4 is 15.4 Å².